The quantitative estimate of drug-likeness (QED) is 0.758. The SMILES string of the molecule is C[C@@]12C[C@H](O)[C@@]3(C)CCC4=C(CCc5cc(O)ccc54)[C@@]13C2. The van der Waals surface area contributed by atoms with E-state index < -0.39 is 0 Å². The molecule has 2 saturated carbocycles. The number of hydrogen-bond acceptors (Lipinski definition) is 2. The molecule has 116 valence electrons. The number of fused-ring (bicyclic) bond motifs is 2. The molecule has 0 bridgehead atoms. The average molecular weight is 296 g/mol. The van der Waals surface area contributed by atoms with E-state index in [9.17, 15) is 10.2 Å². The van der Waals surface area contributed by atoms with Crippen LogP contribution in [0.1, 0.15) is 57.1 Å². The lowest BCUT2D eigenvalue weighted by Gasteiger charge is -2.46. The molecule has 0 saturated heterocycles. The molecule has 0 aromatic heterocycles. The topological polar surface area (TPSA) is 40.5 Å². The Morgan fingerprint density at radius 3 is 2.77 bits per heavy atom. The highest BCUT2D eigenvalue weighted by Crippen LogP contribution is 2.86. The van der Waals surface area contributed by atoms with Gasteiger partial charge < -0.3 is 10.2 Å². The van der Waals surface area contributed by atoms with Crippen LogP contribution >= 0.6 is 0 Å². The molecule has 1 spiro atoms. The van der Waals surface area contributed by atoms with Gasteiger partial charge in [-0.3, -0.25) is 0 Å². The van der Waals surface area contributed by atoms with Crippen molar-refractivity contribution in [1.82, 2.24) is 0 Å². The van der Waals surface area contributed by atoms with Gasteiger partial charge in [-0.25, -0.2) is 0 Å². The molecule has 5 rings (SSSR count). The Kier molecular flexibility index (Phi) is 2.17. The van der Waals surface area contributed by atoms with E-state index in [1.54, 1.807) is 5.57 Å². The van der Waals surface area contributed by atoms with Crippen molar-refractivity contribution in [2.75, 3.05) is 0 Å². The molecule has 0 heterocycles. The van der Waals surface area contributed by atoms with Crippen molar-refractivity contribution in [3.05, 3.63) is 34.9 Å². The fraction of sp³-hybridized carbons (Fsp3) is 0.600. The monoisotopic (exact) mass is 296 g/mol. The third-order valence-electron chi connectivity index (χ3n) is 7.75. The summed E-state index contributed by atoms with van der Waals surface area (Å²) < 4.78 is 0. The number of allylic oxidation sites excluding steroid dienone is 2. The van der Waals surface area contributed by atoms with Crippen molar-refractivity contribution >= 4 is 5.57 Å². The molecule has 0 amide bonds. The summed E-state index contributed by atoms with van der Waals surface area (Å²) in [5.41, 5.74) is 6.51. The Bertz CT molecular complexity index is 733. The lowest BCUT2D eigenvalue weighted by molar-refractivity contribution is 0.0114. The van der Waals surface area contributed by atoms with E-state index in [1.807, 2.05) is 12.1 Å². The van der Waals surface area contributed by atoms with Crippen LogP contribution in [-0.4, -0.2) is 16.3 Å². The molecule has 4 atom stereocenters. The van der Waals surface area contributed by atoms with Crippen LogP contribution in [-0.2, 0) is 6.42 Å². The van der Waals surface area contributed by atoms with Gasteiger partial charge in [0.15, 0.2) is 0 Å². The molecular weight excluding hydrogens is 272 g/mol. The first-order chi connectivity index (χ1) is 10.4. The largest absolute Gasteiger partial charge is 0.508 e. The molecule has 0 aliphatic heterocycles. The van der Waals surface area contributed by atoms with Gasteiger partial charge in [0.05, 0.1) is 6.10 Å². The molecule has 4 aliphatic rings. The first-order valence-corrected chi connectivity index (χ1v) is 8.64. The summed E-state index contributed by atoms with van der Waals surface area (Å²) in [6.45, 7) is 4.73. The van der Waals surface area contributed by atoms with Gasteiger partial charge in [0.2, 0.25) is 0 Å². The van der Waals surface area contributed by atoms with Crippen LogP contribution in [0.15, 0.2) is 23.8 Å². The standard InChI is InChI=1S/C20H24O2/c1-18-10-17(22)19(2)8-7-15-14-5-4-13(21)9-12(14)3-6-16(15)20(18,19)11-18/h4-5,9,17,21-22H,3,6-8,10-11H2,1-2H3/t17-,18-,19+,20-/m0/s1. The number of benzene rings is 1. The van der Waals surface area contributed by atoms with E-state index in [2.05, 4.69) is 19.9 Å². The number of rotatable bonds is 0. The van der Waals surface area contributed by atoms with Gasteiger partial charge in [-0.05, 0) is 72.8 Å². The number of aromatic hydroxyl groups is 1. The minimum Gasteiger partial charge on any atom is -0.508 e. The van der Waals surface area contributed by atoms with E-state index in [1.165, 1.54) is 23.1 Å². The average Bonchev–Trinajstić information content (AvgIpc) is 3.03. The summed E-state index contributed by atoms with van der Waals surface area (Å²) in [7, 11) is 0. The van der Waals surface area contributed by atoms with Crippen LogP contribution in [0.5, 0.6) is 5.75 Å². The predicted molar refractivity (Wildman–Crippen MR) is 86.5 cm³/mol. The molecule has 1 aromatic carbocycles. The van der Waals surface area contributed by atoms with Crippen LogP contribution in [0.2, 0.25) is 0 Å². The van der Waals surface area contributed by atoms with Crippen molar-refractivity contribution < 1.29 is 10.2 Å². The van der Waals surface area contributed by atoms with Gasteiger partial charge in [-0.2, -0.15) is 0 Å². The van der Waals surface area contributed by atoms with E-state index in [-0.39, 0.29) is 16.9 Å². The van der Waals surface area contributed by atoms with Gasteiger partial charge in [0.1, 0.15) is 5.75 Å². The summed E-state index contributed by atoms with van der Waals surface area (Å²) >= 11 is 0. The van der Waals surface area contributed by atoms with Crippen molar-refractivity contribution in [1.29, 1.82) is 0 Å². The zero-order chi connectivity index (χ0) is 15.3. The summed E-state index contributed by atoms with van der Waals surface area (Å²) in [4.78, 5) is 0. The number of phenolic OH excluding ortho intramolecular Hbond substituents is 1. The summed E-state index contributed by atoms with van der Waals surface area (Å²) in [5, 5.41) is 20.5. The minimum atomic E-state index is -0.137. The van der Waals surface area contributed by atoms with Crippen LogP contribution < -0.4 is 0 Å². The Balaban J connectivity index is 1.73. The van der Waals surface area contributed by atoms with E-state index >= 15 is 0 Å². The van der Waals surface area contributed by atoms with E-state index in [0.717, 1.165) is 32.1 Å². The van der Waals surface area contributed by atoms with Crippen LogP contribution in [0.4, 0.5) is 0 Å². The molecule has 1 aromatic rings. The third-order valence-corrected chi connectivity index (χ3v) is 7.75. The zero-order valence-corrected chi connectivity index (χ0v) is 13.4. The summed E-state index contributed by atoms with van der Waals surface area (Å²) in [6, 6.07) is 5.89. The van der Waals surface area contributed by atoms with E-state index in [0.29, 0.717) is 11.2 Å². The van der Waals surface area contributed by atoms with Crippen molar-refractivity contribution in [3.8, 4) is 5.75 Å². The molecule has 2 heteroatoms. The number of phenols is 1. The highest BCUT2D eigenvalue weighted by Gasteiger charge is 2.80. The minimum absolute atomic E-state index is 0.0784. The molecule has 4 aliphatic carbocycles. The van der Waals surface area contributed by atoms with Gasteiger partial charge in [-0.15, -0.1) is 0 Å². The van der Waals surface area contributed by atoms with Crippen LogP contribution in [0, 0.1) is 16.2 Å². The van der Waals surface area contributed by atoms with Crippen LogP contribution in [0.25, 0.3) is 5.57 Å². The van der Waals surface area contributed by atoms with Crippen molar-refractivity contribution in [2.45, 2.75) is 58.5 Å². The van der Waals surface area contributed by atoms with E-state index in [4.69, 9.17) is 0 Å². The second-order valence-corrected chi connectivity index (χ2v) is 8.58. The molecule has 0 unspecified atom stereocenters. The zero-order valence-electron chi connectivity index (χ0n) is 13.4. The Morgan fingerprint density at radius 1 is 1.14 bits per heavy atom. The Hall–Kier alpha value is -1.28. The maximum Gasteiger partial charge on any atom is 0.115 e. The Labute approximate surface area is 131 Å². The second kappa shape index (κ2) is 3.62. The summed E-state index contributed by atoms with van der Waals surface area (Å²) in [6.07, 6.45) is 6.43. The summed E-state index contributed by atoms with van der Waals surface area (Å²) in [5.74, 6) is 0.383. The lowest BCUT2D eigenvalue weighted by atomic mass is 9.58. The molecule has 2 fully saturated rings. The second-order valence-electron chi connectivity index (χ2n) is 8.58. The highest BCUT2D eigenvalue weighted by atomic mass is 16.3. The predicted octanol–water partition coefficient (Wildman–Crippen LogP) is 4.05. The first-order valence-electron chi connectivity index (χ1n) is 8.64. The molecule has 2 N–H and O–H groups in total. The lowest BCUT2D eigenvalue weighted by Crippen LogP contribution is -2.41. The van der Waals surface area contributed by atoms with Gasteiger partial charge in [0.25, 0.3) is 0 Å². The number of aryl methyl sites for hydroxylation is 1. The fourth-order valence-electron chi connectivity index (χ4n) is 6.61. The van der Waals surface area contributed by atoms with Crippen molar-refractivity contribution in [3.63, 3.8) is 0 Å². The van der Waals surface area contributed by atoms with Crippen LogP contribution in [0.3, 0.4) is 0 Å². The maximum absolute atomic E-state index is 10.7. The van der Waals surface area contributed by atoms with Gasteiger partial charge >= 0.3 is 0 Å². The van der Waals surface area contributed by atoms with Gasteiger partial charge in [0, 0.05) is 10.8 Å². The van der Waals surface area contributed by atoms with Crippen molar-refractivity contribution in [2.24, 2.45) is 16.2 Å². The first kappa shape index (κ1) is 13.2. The third kappa shape index (κ3) is 1.21. The normalized spacial score (nSPS) is 45.0. The molecule has 0 radical (unpaired) electrons. The molecule has 22 heavy (non-hydrogen) atoms. The highest BCUT2D eigenvalue weighted by molar-refractivity contribution is 5.77. The van der Waals surface area contributed by atoms with Gasteiger partial charge in [-0.1, -0.05) is 25.5 Å². The number of aliphatic hydroxyl groups is 1. The molecule has 2 nitrogen and oxygen atoms in total. The number of hydrogen-bond donors (Lipinski definition) is 2. The Morgan fingerprint density at radius 2 is 1.95 bits per heavy atom. The fourth-order valence-corrected chi connectivity index (χ4v) is 6.61. The molecular formula is C20H24O2. The smallest absolute Gasteiger partial charge is 0.115 e. The maximum atomic E-state index is 10.7. The number of aliphatic hydroxyl groups excluding tert-OH is 1.